The van der Waals surface area contributed by atoms with Crippen LogP contribution < -0.4 is 10.5 Å². The third-order valence-corrected chi connectivity index (χ3v) is 3.32. The van der Waals surface area contributed by atoms with E-state index in [2.05, 4.69) is 0 Å². The zero-order valence-electron chi connectivity index (χ0n) is 10.9. The fourth-order valence-electron chi connectivity index (χ4n) is 2.34. The van der Waals surface area contributed by atoms with Crippen LogP contribution in [0.5, 0.6) is 5.75 Å². The van der Waals surface area contributed by atoms with Crippen LogP contribution in [-0.4, -0.2) is 19.3 Å². The van der Waals surface area contributed by atoms with Gasteiger partial charge in [0.25, 0.3) is 0 Å². The second kappa shape index (κ2) is 7.27. The van der Waals surface area contributed by atoms with Gasteiger partial charge in [-0.05, 0) is 25.0 Å². The van der Waals surface area contributed by atoms with Crippen LogP contribution in [0.1, 0.15) is 38.5 Å². The lowest BCUT2D eigenvalue weighted by Crippen LogP contribution is -2.18. The quantitative estimate of drug-likeness (QED) is 0.621. The van der Waals surface area contributed by atoms with E-state index in [0.29, 0.717) is 12.7 Å². The lowest BCUT2D eigenvalue weighted by atomic mass is 9.98. The molecule has 0 radical (unpaired) electrons. The number of ether oxygens (including phenoxy) is 2. The molecule has 2 N–H and O–H groups in total. The van der Waals surface area contributed by atoms with E-state index in [4.69, 9.17) is 15.2 Å². The van der Waals surface area contributed by atoms with E-state index < -0.39 is 0 Å². The van der Waals surface area contributed by atoms with Crippen LogP contribution in [0.2, 0.25) is 0 Å². The van der Waals surface area contributed by atoms with E-state index in [1.165, 1.54) is 32.1 Å². The molecule has 1 aromatic carbocycles. The molecule has 0 atom stereocenters. The van der Waals surface area contributed by atoms with E-state index >= 15 is 0 Å². The van der Waals surface area contributed by atoms with E-state index in [1.54, 1.807) is 0 Å². The molecule has 3 nitrogen and oxygen atoms in total. The Morgan fingerprint density at radius 1 is 1.11 bits per heavy atom. The maximum absolute atomic E-state index is 5.84. The summed E-state index contributed by atoms with van der Waals surface area (Å²) in [5.74, 6) is 0.840. The minimum atomic E-state index is 0.492. The number of nitrogen functional groups attached to an aromatic ring is 1. The summed E-state index contributed by atoms with van der Waals surface area (Å²) in [6.45, 7) is 1.49. The molecule has 1 aromatic rings. The third-order valence-electron chi connectivity index (χ3n) is 3.32. The predicted octanol–water partition coefficient (Wildman–Crippen LogP) is 3.39. The van der Waals surface area contributed by atoms with Crippen molar-refractivity contribution in [2.45, 2.75) is 44.6 Å². The topological polar surface area (TPSA) is 44.5 Å². The molecule has 1 aliphatic carbocycles. The van der Waals surface area contributed by atoms with Crippen LogP contribution in [0, 0.1) is 0 Å². The first kappa shape index (κ1) is 13.2. The molecule has 0 aromatic heterocycles. The Bertz CT molecular complexity index is 348. The molecule has 0 saturated heterocycles. The second-order valence-electron chi connectivity index (χ2n) is 4.91. The average molecular weight is 249 g/mol. The van der Waals surface area contributed by atoms with Gasteiger partial charge in [-0.15, -0.1) is 0 Å². The van der Waals surface area contributed by atoms with E-state index in [-0.39, 0.29) is 0 Å². The van der Waals surface area contributed by atoms with Crippen molar-refractivity contribution in [3.63, 3.8) is 0 Å². The summed E-state index contributed by atoms with van der Waals surface area (Å²) in [7, 11) is 0. The Morgan fingerprint density at radius 2 is 1.94 bits per heavy atom. The van der Waals surface area contributed by atoms with Crippen LogP contribution in [0.15, 0.2) is 24.3 Å². The Labute approximate surface area is 109 Å². The largest absolute Gasteiger partial charge is 0.493 e. The van der Waals surface area contributed by atoms with Crippen molar-refractivity contribution in [2.75, 3.05) is 18.9 Å². The molecular formula is C15H23NO2. The van der Waals surface area contributed by atoms with Crippen molar-refractivity contribution in [3.8, 4) is 5.75 Å². The number of benzene rings is 1. The molecule has 2 rings (SSSR count). The first-order chi connectivity index (χ1) is 8.84. The first-order valence-corrected chi connectivity index (χ1v) is 6.94. The average Bonchev–Trinajstić information content (AvgIpc) is 2.40. The molecule has 1 saturated carbocycles. The monoisotopic (exact) mass is 249 g/mol. The van der Waals surface area contributed by atoms with Crippen molar-refractivity contribution in [3.05, 3.63) is 24.3 Å². The number of hydrogen-bond acceptors (Lipinski definition) is 3. The lowest BCUT2D eigenvalue weighted by molar-refractivity contribution is 0.0226. The minimum absolute atomic E-state index is 0.492. The number of hydrogen-bond donors (Lipinski definition) is 1. The Balaban J connectivity index is 1.55. The molecular weight excluding hydrogens is 226 g/mol. The predicted molar refractivity (Wildman–Crippen MR) is 73.8 cm³/mol. The summed E-state index contributed by atoms with van der Waals surface area (Å²) in [6.07, 6.45) is 7.91. The molecule has 100 valence electrons. The van der Waals surface area contributed by atoms with Gasteiger partial charge in [0.05, 0.1) is 19.3 Å². The molecule has 0 amide bonds. The maximum atomic E-state index is 5.84. The Morgan fingerprint density at radius 3 is 2.72 bits per heavy atom. The van der Waals surface area contributed by atoms with E-state index in [1.807, 2.05) is 24.3 Å². The highest BCUT2D eigenvalue weighted by Crippen LogP contribution is 2.20. The van der Waals surface area contributed by atoms with Gasteiger partial charge in [0.1, 0.15) is 5.75 Å². The van der Waals surface area contributed by atoms with Crippen LogP contribution >= 0.6 is 0 Å². The van der Waals surface area contributed by atoms with Gasteiger partial charge in [0.2, 0.25) is 0 Å². The highest BCUT2D eigenvalue weighted by atomic mass is 16.5. The van der Waals surface area contributed by atoms with Crippen molar-refractivity contribution < 1.29 is 9.47 Å². The second-order valence-corrected chi connectivity index (χ2v) is 4.91. The van der Waals surface area contributed by atoms with Crippen molar-refractivity contribution in [1.82, 2.24) is 0 Å². The smallest absolute Gasteiger partial charge is 0.121 e. The van der Waals surface area contributed by atoms with Gasteiger partial charge in [-0.2, -0.15) is 0 Å². The number of nitrogens with two attached hydrogens (primary N) is 1. The minimum Gasteiger partial charge on any atom is -0.493 e. The molecule has 3 heteroatoms. The summed E-state index contributed by atoms with van der Waals surface area (Å²) in [4.78, 5) is 0. The summed E-state index contributed by atoms with van der Waals surface area (Å²) in [6, 6.07) is 7.54. The zero-order chi connectivity index (χ0) is 12.6. The van der Waals surface area contributed by atoms with Gasteiger partial charge >= 0.3 is 0 Å². The van der Waals surface area contributed by atoms with Crippen molar-refractivity contribution in [1.29, 1.82) is 0 Å². The van der Waals surface area contributed by atoms with Crippen LogP contribution in [0.25, 0.3) is 0 Å². The summed E-state index contributed by atoms with van der Waals surface area (Å²) >= 11 is 0. The van der Waals surface area contributed by atoms with Crippen molar-refractivity contribution in [2.24, 2.45) is 0 Å². The van der Waals surface area contributed by atoms with Gasteiger partial charge in [-0.1, -0.05) is 25.3 Å². The van der Waals surface area contributed by atoms with Gasteiger partial charge in [-0.25, -0.2) is 0 Å². The van der Waals surface area contributed by atoms with Crippen LogP contribution in [0.3, 0.4) is 0 Å². The first-order valence-electron chi connectivity index (χ1n) is 6.94. The molecule has 0 spiro atoms. The van der Waals surface area contributed by atoms with Crippen molar-refractivity contribution >= 4 is 5.69 Å². The molecule has 1 aliphatic rings. The van der Waals surface area contributed by atoms with Crippen LogP contribution in [0.4, 0.5) is 5.69 Å². The molecule has 0 aliphatic heterocycles. The lowest BCUT2D eigenvalue weighted by Gasteiger charge is -2.21. The van der Waals surface area contributed by atoms with Gasteiger partial charge in [0, 0.05) is 18.2 Å². The Kier molecular flexibility index (Phi) is 5.34. The van der Waals surface area contributed by atoms with Gasteiger partial charge in [-0.3, -0.25) is 0 Å². The normalized spacial score (nSPS) is 16.7. The molecule has 18 heavy (non-hydrogen) atoms. The molecule has 1 fully saturated rings. The highest BCUT2D eigenvalue weighted by molar-refractivity contribution is 5.43. The van der Waals surface area contributed by atoms with Crippen LogP contribution in [-0.2, 0) is 4.74 Å². The molecule has 0 heterocycles. The standard InChI is InChI=1S/C15H23NO2/c16-13-6-4-9-15(12-13)18-11-5-10-17-14-7-2-1-3-8-14/h4,6,9,12,14H,1-3,5,7-8,10-11,16H2. The van der Waals surface area contributed by atoms with E-state index in [9.17, 15) is 0 Å². The van der Waals surface area contributed by atoms with Gasteiger partial charge in [0.15, 0.2) is 0 Å². The molecule has 0 unspecified atom stereocenters. The molecule has 0 bridgehead atoms. The number of anilines is 1. The summed E-state index contributed by atoms with van der Waals surface area (Å²) < 4.78 is 11.5. The van der Waals surface area contributed by atoms with Gasteiger partial charge < -0.3 is 15.2 Å². The highest BCUT2D eigenvalue weighted by Gasteiger charge is 2.12. The fourth-order valence-corrected chi connectivity index (χ4v) is 2.34. The van der Waals surface area contributed by atoms with E-state index in [0.717, 1.165) is 24.5 Å². The summed E-state index contributed by atoms with van der Waals surface area (Å²) in [5, 5.41) is 0. The number of rotatable bonds is 6. The maximum Gasteiger partial charge on any atom is 0.121 e. The Hall–Kier alpha value is -1.22. The third kappa shape index (κ3) is 4.57. The fraction of sp³-hybridized carbons (Fsp3) is 0.600. The summed E-state index contributed by atoms with van der Waals surface area (Å²) in [5.41, 5.74) is 6.42. The zero-order valence-corrected chi connectivity index (χ0v) is 10.9. The SMILES string of the molecule is Nc1cccc(OCCCOC2CCCCC2)c1.